The monoisotopic (exact) mass is 398 g/mol. The maximum atomic E-state index is 12.8. The fraction of sp³-hybridized carbons (Fsp3) is 0.400. The summed E-state index contributed by atoms with van der Waals surface area (Å²) in [5, 5.41) is 11.4. The van der Waals surface area contributed by atoms with Crippen molar-refractivity contribution in [1.82, 2.24) is 19.4 Å². The van der Waals surface area contributed by atoms with E-state index in [2.05, 4.69) is 5.32 Å². The van der Waals surface area contributed by atoms with Crippen molar-refractivity contribution in [2.45, 2.75) is 31.7 Å². The van der Waals surface area contributed by atoms with E-state index < -0.39 is 18.0 Å². The quantitative estimate of drug-likeness (QED) is 0.744. The number of imide groups is 1. The number of carbonyl (C=O) groups is 3. The van der Waals surface area contributed by atoms with Gasteiger partial charge in [-0.25, -0.2) is 9.59 Å². The zero-order chi connectivity index (χ0) is 20.7. The highest BCUT2D eigenvalue weighted by Crippen LogP contribution is 2.25. The number of amides is 3. The molecule has 2 saturated heterocycles. The number of carbonyl (C=O) groups excluding carboxylic acids is 2. The van der Waals surface area contributed by atoms with Gasteiger partial charge in [0.25, 0.3) is 0 Å². The number of likely N-dealkylation sites (tertiary alicyclic amines) is 1. The number of imidazole rings is 1. The first-order valence-corrected chi connectivity index (χ1v) is 9.57. The summed E-state index contributed by atoms with van der Waals surface area (Å²) in [6, 6.07) is 4.91. The van der Waals surface area contributed by atoms with Crippen LogP contribution >= 0.6 is 0 Å². The number of aryl methyl sites for hydroxylation is 1. The van der Waals surface area contributed by atoms with Gasteiger partial charge in [-0.2, -0.15) is 0 Å². The molecule has 9 heteroatoms. The summed E-state index contributed by atoms with van der Waals surface area (Å²) in [6.45, 7) is 0.960. The van der Waals surface area contributed by atoms with E-state index in [1.165, 1.54) is 14.0 Å². The standard InChI is InChI=1S/C20H22N4O5/c1-22-16-11-13(10-12-6-8-23(9-7-12)20(28)29)2-3-14(16)24(19(22)27)15-4-5-17(25)21-18(15)26/h2-3,10-11,15H,4-9H2,1H3,(H,28,29)(H,21,25,26). The number of piperidine rings is 2. The molecule has 3 amide bonds. The van der Waals surface area contributed by atoms with Crippen molar-refractivity contribution in [3.8, 4) is 0 Å². The molecule has 3 heterocycles. The first-order chi connectivity index (χ1) is 13.8. The van der Waals surface area contributed by atoms with Crippen LogP contribution in [0, 0.1) is 0 Å². The average Bonchev–Trinajstić information content (AvgIpc) is 2.93. The summed E-state index contributed by atoms with van der Waals surface area (Å²) in [5.41, 5.74) is 3.14. The molecule has 0 bridgehead atoms. The molecule has 2 fully saturated rings. The Labute approximate surface area is 166 Å². The van der Waals surface area contributed by atoms with Crippen LogP contribution < -0.4 is 11.0 Å². The highest BCUT2D eigenvalue weighted by molar-refractivity contribution is 6.00. The van der Waals surface area contributed by atoms with E-state index in [1.807, 2.05) is 24.3 Å². The lowest BCUT2D eigenvalue weighted by Gasteiger charge is -2.25. The first-order valence-electron chi connectivity index (χ1n) is 9.57. The Morgan fingerprint density at radius 3 is 2.52 bits per heavy atom. The lowest BCUT2D eigenvalue weighted by Crippen LogP contribution is -2.44. The van der Waals surface area contributed by atoms with Crippen LogP contribution in [0.2, 0.25) is 0 Å². The van der Waals surface area contributed by atoms with Crippen LogP contribution in [0.3, 0.4) is 0 Å². The third kappa shape index (κ3) is 3.43. The van der Waals surface area contributed by atoms with Crippen LogP contribution in [-0.2, 0) is 16.6 Å². The van der Waals surface area contributed by atoms with E-state index in [0.29, 0.717) is 43.4 Å². The second-order valence-electron chi connectivity index (χ2n) is 7.50. The molecule has 29 heavy (non-hydrogen) atoms. The fourth-order valence-electron chi connectivity index (χ4n) is 4.07. The Bertz CT molecular complexity index is 1100. The molecule has 9 nitrogen and oxygen atoms in total. The van der Waals surface area contributed by atoms with Crippen LogP contribution in [-0.4, -0.2) is 50.1 Å². The molecule has 1 atom stereocenters. The van der Waals surface area contributed by atoms with Gasteiger partial charge in [-0.15, -0.1) is 0 Å². The number of hydrogen-bond acceptors (Lipinski definition) is 4. The second-order valence-corrected chi connectivity index (χ2v) is 7.50. The maximum Gasteiger partial charge on any atom is 0.407 e. The third-order valence-electron chi connectivity index (χ3n) is 5.68. The Balaban J connectivity index is 1.66. The molecule has 2 aliphatic rings. The summed E-state index contributed by atoms with van der Waals surface area (Å²) < 4.78 is 2.97. The van der Waals surface area contributed by atoms with Gasteiger partial charge in [0.05, 0.1) is 11.0 Å². The number of nitrogens with zero attached hydrogens (tertiary/aromatic N) is 3. The molecule has 152 valence electrons. The minimum absolute atomic E-state index is 0.205. The summed E-state index contributed by atoms with van der Waals surface area (Å²) in [4.78, 5) is 48.9. The number of carboxylic acid groups (broad SMARTS) is 1. The van der Waals surface area contributed by atoms with Crippen molar-refractivity contribution < 1.29 is 19.5 Å². The van der Waals surface area contributed by atoms with Gasteiger partial charge in [-0.05, 0) is 37.0 Å². The van der Waals surface area contributed by atoms with Crippen molar-refractivity contribution in [2.24, 2.45) is 7.05 Å². The van der Waals surface area contributed by atoms with Crippen molar-refractivity contribution in [3.63, 3.8) is 0 Å². The molecule has 0 saturated carbocycles. The first kappa shape index (κ1) is 19.0. The number of benzene rings is 1. The summed E-state index contributed by atoms with van der Waals surface area (Å²) in [6.07, 6.45) is 3.01. The van der Waals surface area contributed by atoms with Gasteiger partial charge in [-0.3, -0.25) is 24.0 Å². The number of aromatic nitrogens is 2. The van der Waals surface area contributed by atoms with Gasteiger partial charge in [0.1, 0.15) is 6.04 Å². The van der Waals surface area contributed by atoms with E-state index >= 15 is 0 Å². The lowest BCUT2D eigenvalue weighted by atomic mass is 10.0. The van der Waals surface area contributed by atoms with Crippen LogP contribution in [0.25, 0.3) is 17.1 Å². The SMILES string of the molecule is Cn1c(=O)n(C2CCC(=O)NC2=O)c2ccc(C=C3CCN(C(=O)O)CC3)cc21. The molecule has 0 radical (unpaired) electrons. The number of hydrogen-bond donors (Lipinski definition) is 2. The largest absolute Gasteiger partial charge is 0.465 e. The maximum absolute atomic E-state index is 12.8. The summed E-state index contributed by atoms with van der Waals surface area (Å²) in [7, 11) is 1.66. The van der Waals surface area contributed by atoms with E-state index in [9.17, 15) is 19.2 Å². The molecule has 2 aromatic rings. The van der Waals surface area contributed by atoms with Gasteiger partial charge in [0.15, 0.2) is 0 Å². The predicted molar refractivity (Wildman–Crippen MR) is 105 cm³/mol. The average molecular weight is 398 g/mol. The molecule has 2 aliphatic heterocycles. The minimum atomic E-state index is -0.893. The van der Waals surface area contributed by atoms with Gasteiger partial charge in [-0.1, -0.05) is 17.7 Å². The lowest BCUT2D eigenvalue weighted by molar-refractivity contribution is -0.135. The summed E-state index contributed by atoms with van der Waals surface area (Å²) >= 11 is 0. The molecular weight excluding hydrogens is 376 g/mol. The number of rotatable bonds is 2. The normalized spacial score (nSPS) is 20.1. The van der Waals surface area contributed by atoms with Crippen molar-refractivity contribution in [1.29, 1.82) is 0 Å². The van der Waals surface area contributed by atoms with E-state index in [-0.39, 0.29) is 18.0 Å². The molecule has 1 aromatic carbocycles. The van der Waals surface area contributed by atoms with E-state index in [4.69, 9.17) is 5.11 Å². The van der Waals surface area contributed by atoms with Crippen LogP contribution in [0.4, 0.5) is 4.79 Å². The number of fused-ring (bicyclic) bond motifs is 1. The molecular formula is C20H22N4O5. The van der Waals surface area contributed by atoms with Gasteiger partial charge in [0.2, 0.25) is 11.8 Å². The van der Waals surface area contributed by atoms with Crippen molar-refractivity contribution in [3.05, 3.63) is 39.8 Å². The molecule has 2 N–H and O–H groups in total. The summed E-state index contributed by atoms with van der Waals surface area (Å²) in [5.74, 6) is -0.769. The van der Waals surface area contributed by atoms with E-state index in [1.54, 1.807) is 7.05 Å². The zero-order valence-electron chi connectivity index (χ0n) is 16.1. The molecule has 1 aromatic heterocycles. The van der Waals surface area contributed by atoms with Gasteiger partial charge >= 0.3 is 11.8 Å². The topological polar surface area (TPSA) is 114 Å². The van der Waals surface area contributed by atoms with Crippen LogP contribution in [0.5, 0.6) is 0 Å². The molecule has 0 spiro atoms. The molecule has 0 aliphatic carbocycles. The van der Waals surface area contributed by atoms with Gasteiger partial charge < -0.3 is 10.0 Å². The van der Waals surface area contributed by atoms with Crippen LogP contribution in [0.1, 0.15) is 37.3 Å². The minimum Gasteiger partial charge on any atom is -0.465 e. The second kappa shape index (κ2) is 7.23. The Kier molecular flexibility index (Phi) is 4.73. The van der Waals surface area contributed by atoms with E-state index in [0.717, 1.165) is 11.1 Å². The Hall–Kier alpha value is -3.36. The highest BCUT2D eigenvalue weighted by Gasteiger charge is 2.31. The van der Waals surface area contributed by atoms with Crippen molar-refractivity contribution >= 4 is 35.0 Å². The predicted octanol–water partition coefficient (Wildman–Crippen LogP) is 1.47. The highest BCUT2D eigenvalue weighted by atomic mass is 16.4. The van der Waals surface area contributed by atoms with Crippen LogP contribution in [0.15, 0.2) is 28.6 Å². The Morgan fingerprint density at radius 1 is 1.14 bits per heavy atom. The fourth-order valence-corrected chi connectivity index (χ4v) is 4.07. The smallest absolute Gasteiger partial charge is 0.407 e. The molecule has 1 unspecified atom stereocenters. The zero-order valence-corrected chi connectivity index (χ0v) is 16.1. The van der Waals surface area contributed by atoms with Crippen molar-refractivity contribution in [2.75, 3.05) is 13.1 Å². The molecule has 4 rings (SSSR count). The Morgan fingerprint density at radius 2 is 1.86 bits per heavy atom. The number of nitrogens with one attached hydrogen (secondary N) is 1. The van der Waals surface area contributed by atoms with Gasteiger partial charge in [0, 0.05) is 26.6 Å². The third-order valence-corrected chi connectivity index (χ3v) is 5.68.